The van der Waals surface area contributed by atoms with Gasteiger partial charge in [0, 0.05) is 5.69 Å². The Kier molecular flexibility index (Phi) is 2.92. The van der Waals surface area contributed by atoms with Crippen LogP contribution in [0, 0.1) is 11.3 Å². The molecule has 0 aromatic heterocycles. The summed E-state index contributed by atoms with van der Waals surface area (Å²) in [6.45, 7) is -0.251. The highest BCUT2D eigenvalue weighted by atomic mass is 16.5. The fourth-order valence-electron chi connectivity index (χ4n) is 0.910. The van der Waals surface area contributed by atoms with Crippen molar-refractivity contribution in [3.63, 3.8) is 0 Å². The topological polar surface area (TPSA) is 102 Å². The van der Waals surface area contributed by atoms with Gasteiger partial charge in [0.05, 0.1) is 5.56 Å². The summed E-state index contributed by atoms with van der Waals surface area (Å²) >= 11 is 0. The third-order valence-electron chi connectivity index (χ3n) is 1.49. The summed E-state index contributed by atoms with van der Waals surface area (Å²) in [5.74, 6) is -0.286. The van der Waals surface area contributed by atoms with Crippen LogP contribution in [0.4, 0.5) is 5.69 Å². The van der Waals surface area contributed by atoms with E-state index in [9.17, 15) is 4.79 Å². The molecule has 1 rings (SSSR count). The third kappa shape index (κ3) is 2.38. The lowest BCUT2D eigenvalue weighted by Gasteiger charge is -2.05. The van der Waals surface area contributed by atoms with Gasteiger partial charge >= 0.3 is 0 Å². The molecule has 0 radical (unpaired) electrons. The van der Waals surface area contributed by atoms with Crippen molar-refractivity contribution >= 4 is 11.6 Å². The number of carbonyl (C=O) groups is 1. The lowest BCUT2D eigenvalue weighted by Crippen LogP contribution is -2.20. The molecule has 5 nitrogen and oxygen atoms in total. The maximum atomic E-state index is 10.4. The van der Waals surface area contributed by atoms with Gasteiger partial charge in [-0.25, -0.2) is 0 Å². The van der Waals surface area contributed by atoms with Gasteiger partial charge in [0.2, 0.25) is 0 Å². The van der Waals surface area contributed by atoms with Crippen LogP contribution < -0.4 is 16.2 Å². The van der Waals surface area contributed by atoms with Gasteiger partial charge in [-0.15, -0.1) is 0 Å². The molecule has 0 aliphatic rings. The fourth-order valence-corrected chi connectivity index (χ4v) is 0.910. The van der Waals surface area contributed by atoms with Gasteiger partial charge in [-0.05, 0) is 18.2 Å². The first-order chi connectivity index (χ1) is 6.63. The molecule has 1 aromatic carbocycles. The standard InChI is InChI=1S/C9H9N3O2/c10-4-6-3-7(11)1-2-8(6)14-5-9(12)13/h1-3H,5,11H2,(H2,12,13). The Labute approximate surface area is 80.9 Å². The van der Waals surface area contributed by atoms with E-state index in [1.807, 2.05) is 6.07 Å². The minimum absolute atomic E-state index is 0.251. The zero-order valence-electron chi connectivity index (χ0n) is 7.36. The number of ether oxygens (including phenoxy) is 1. The van der Waals surface area contributed by atoms with Crippen LogP contribution in [-0.4, -0.2) is 12.5 Å². The number of benzene rings is 1. The molecule has 0 unspecified atom stereocenters. The van der Waals surface area contributed by atoms with Gasteiger partial charge in [-0.1, -0.05) is 0 Å². The molecule has 0 heterocycles. The number of nitrogens with zero attached hydrogens (tertiary/aromatic N) is 1. The highest BCUT2D eigenvalue weighted by Crippen LogP contribution is 2.19. The number of amides is 1. The summed E-state index contributed by atoms with van der Waals surface area (Å²) in [6, 6.07) is 6.48. The highest BCUT2D eigenvalue weighted by molar-refractivity contribution is 5.75. The third-order valence-corrected chi connectivity index (χ3v) is 1.49. The zero-order chi connectivity index (χ0) is 10.6. The van der Waals surface area contributed by atoms with Crippen LogP contribution in [0.1, 0.15) is 5.56 Å². The normalized spacial score (nSPS) is 9.07. The van der Waals surface area contributed by atoms with E-state index in [1.165, 1.54) is 12.1 Å². The van der Waals surface area contributed by atoms with Crippen LogP contribution in [-0.2, 0) is 4.79 Å². The molecule has 0 aliphatic heterocycles. The maximum Gasteiger partial charge on any atom is 0.255 e. The van der Waals surface area contributed by atoms with Crippen LogP contribution >= 0.6 is 0 Å². The zero-order valence-corrected chi connectivity index (χ0v) is 7.36. The van der Waals surface area contributed by atoms with Gasteiger partial charge in [0.15, 0.2) is 6.61 Å². The van der Waals surface area contributed by atoms with Crippen LogP contribution in [0.5, 0.6) is 5.75 Å². The summed E-state index contributed by atoms with van der Waals surface area (Å²) < 4.78 is 4.99. The molecule has 5 heteroatoms. The van der Waals surface area contributed by atoms with Gasteiger partial charge in [-0.2, -0.15) is 5.26 Å². The fraction of sp³-hybridized carbons (Fsp3) is 0.111. The van der Waals surface area contributed by atoms with E-state index in [-0.39, 0.29) is 12.2 Å². The van der Waals surface area contributed by atoms with E-state index in [0.717, 1.165) is 0 Å². The molecular weight excluding hydrogens is 182 g/mol. The maximum absolute atomic E-state index is 10.4. The number of hydrogen-bond acceptors (Lipinski definition) is 4. The smallest absolute Gasteiger partial charge is 0.255 e. The number of nitriles is 1. The van der Waals surface area contributed by atoms with Crippen LogP contribution in [0.15, 0.2) is 18.2 Å². The predicted octanol–water partition coefficient (Wildman–Crippen LogP) is 0.00458. The highest BCUT2D eigenvalue weighted by Gasteiger charge is 2.04. The van der Waals surface area contributed by atoms with Crippen molar-refractivity contribution in [3.8, 4) is 11.8 Å². The molecule has 14 heavy (non-hydrogen) atoms. The summed E-state index contributed by atoms with van der Waals surface area (Å²) in [7, 11) is 0. The second-order valence-corrected chi connectivity index (χ2v) is 2.62. The van der Waals surface area contributed by atoms with Crippen molar-refractivity contribution in [2.24, 2.45) is 5.73 Å². The number of nitrogen functional groups attached to an aromatic ring is 1. The van der Waals surface area contributed by atoms with E-state index < -0.39 is 5.91 Å². The SMILES string of the molecule is N#Cc1cc(N)ccc1OCC(N)=O. The molecule has 0 saturated heterocycles. The van der Waals surface area contributed by atoms with Gasteiger partial charge in [0.1, 0.15) is 11.8 Å². The first kappa shape index (κ1) is 9.86. The quantitative estimate of drug-likeness (QED) is 0.656. The van der Waals surface area contributed by atoms with Crippen molar-refractivity contribution in [3.05, 3.63) is 23.8 Å². The van der Waals surface area contributed by atoms with Gasteiger partial charge in [-0.3, -0.25) is 4.79 Å². The number of anilines is 1. The molecule has 1 aromatic rings. The second-order valence-electron chi connectivity index (χ2n) is 2.62. The number of primary amides is 1. The molecule has 0 saturated carbocycles. The number of hydrogen-bond donors (Lipinski definition) is 2. The van der Waals surface area contributed by atoms with Gasteiger partial charge in [0.25, 0.3) is 5.91 Å². The first-order valence-electron chi connectivity index (χ1n) is 3.84. The van der Waals surface area contributed by atoms with Crippen molar-refractivity contribution < 1.29 is 9.53 Å². The second kappa shape index (κ2) is 4.14. The number of rotatable bonds is 3. The Hall–Kier alpha value is -2.22. The van der Waals surface area contributed by atoms with Crippen molar-refractivity contribution in [1.29, 1.82) is 5.26 Å². The Morgan fingerprint density at radius 2 is 2.29 bits per heavy atom. The summed E-state index contributed by atoms with van der Waals surface area (Å²) in [5, 5.41) is 8.71. The number of nitrogens with two attached hydrogens (primary N) is 2. The molecule has 1 amide bonds. The Morgan fingerprint density at radius 3 is 2.86 bits per heavy atom. The van der Waals surface area contributed by atoms with Crippen LogP contribution in [0.3, 0.4) is 0 Å². The molecule has 72 valence electrons. The Balaban J connectivity index is 2.87. The molecule has 0 spiro atoms. The Bertz CT molecular complexity index is 396. The van der Waals surface area contributed by atoms with Crippen LogP contribution in [0.2, 0.25) is 0 Å². The van der Waals surface area contributed by atoms with E-state index in [0.29, 0.717) is 11.4 Å². The summed E-state index contributed by atoms with van der Waals surface area (Å²) in [4.78, 5) is 10.4. The Morgan fingerprint density at radius 1 is 1.57 bits per heavy atom. The molecular formula is C9H9N3O2. The lowest BCUT2D eigenvalue weighted by atomic mass is 10.2. The summed E-state index contributed by atoms with van der Waals surface area (Å²) in [5.41, 5.74) is 11.1. The largest absolute Gasteiger partial charge is 0.482 e. The monoisotopic (exact) mass is 191 g/mol. The summed E-state index contributed by atoms with van der Waals surface area (Å²) in [6.07, 6.45) is 0. The molecule has 4 N–H and O–H groups in total. The average molecular weight is 191 g/mol. The van der Waals surface area contributed by atoms with E-state index in [4.69, 9.17) is 21.5 Å². The molecule has 0 atom stereocenters. The van der Waals surface area contributed by atoms with E-state index in [2.05, 4.69) is 0 Å². The molecule has 0 fully saturated rings. The van der Waals surface area contributed by atoms with Crippen LogP contribution in [0.25, 0.3) is 0 Å². The predicted molar refractivity (Wildman–Crippen MR) is 50.3 cm³/mol. The number of carbonyl (C=O) groups excluding carboxylic acids is 1. The van der Waals surface area contributed by atoms with E-state index in [1.54, 1.807) is 6.07 Å². The first-order valence-corrected chi connectivity index (χ1v) is 3.84. The van der Waals surface area contributed by atoms with Gasteiger partial charge < -0.3 is 16.2 Å². The van der Waals surface area contributed by atoms with Crippen molar-refractivity contribution in [2.75, 3.05) is 12.3 Å². The van der Waals surface area contributed by atoms with E-state index >= 15 is 0 Å². The molecule has 0 aliphatic carbocycles. The minimum Gasteiger partial charge on any atom is -0.482 e. The van der Waals surface area contributed by atoms with Crippen molar-refractivity contribution in [2.45, 2.75) is 0 Å². The lowest BCUT2D eigenvalue weighted by molar-refractivity contribution is -0.119. The van der Waals surface area contributed by atoms with Crippen molar-refractivity contribution in [1.82, 2.24) is 0 Å². The average Bonchev–Trinajstić information content (AvgIpc) is 2.15. The molecule has 0 bridgehead atoms. The minimum atomic E-state index is -0.592.